The van der Waals surface area contributed by atoms with Gasteiger partial charge < -0.3 is 9.74 Å². The zero-order chi connectivity index (χ0) is 7.11. The first kappa shape index (κ1) is 12.8. The number of nitrogens with two attached hydrogens (primary N) is 1. The van der Waals surface area contributed by atoms with Gasteiger partial charge in [-0.15, -0.1) is 12.4 Å². The van der Waals surface area contributed by atoms with Gasteiger partial charge in [0.2, 0.25) is 0 Å². The van der Waals surface area contributed by atoms with Crippen LogP contribution in [0.4, 0.5) is 0 Å². The van der Waals surface area contributed by atoms with Crippen LogP contribution in [0.2, 0.25) is 0 Å². The molecule has 0 aromatic heterocycles. The van der Waals surface area contributed by atoms with E-state index in [1.807, 2.05) is 0 Å². The smallest absolute Gasteiger partial charge is 0.0679 e. The van der Waals surface area contributed by atoms with Crippen LogP contribution in [0.1, 0.15) is 12.8 Å². The molecule has 0 unspecified atom stereocenters. The molecule has 0 bridgehead atoms. The maximum absolute atomic E-state index is 4.83. The molecule has 0 spiro atoms. The highest BCUT2D eigenvalue weighted by Gasteiger charge is 1.88. The Kier molecular flexibility index (Phi) is 11.7. The molecule has 0 aliphatic heterocycles. The lowest BCUT2D eigenvalue weighted by Gasteiger charge is -2.07. The molecule has 3 nitrogen and oxygen atoms in total. The lowest BCUT2D eigenvalue weighted by molar-refractivity contribution is 0.132. The summed E-state index contributed by atoms with van der Waals surface area (Å²) in [5.74, 6) is 4.83. The van der Waals surface area contributed by atoms with E-state index in [0.29, 0.717) is 6.61 Å². The van der Waals surface area contributed by atoms with Gasteiger partial charge in [-0.3, -0.25) is 0 Å². The molecule has 0 rings (SSSR count). The lowest BCUT2D eigenvalue weighted by atomic mass is 10.3. The van der Waals surface area contributed by atoms with Crippen molar-refractivity contribution in [2.24, 2.45) is 5.90 Å². The largest absolute Gasteiger partial charge is 0.309 e. The van der Waals surface area contributed by atoms with Crippen molar-refractivity contribution >= 4 is 12.4 Å². The van der Waals surface area contributed by atoms with E-state index in [0.717, 1.165) is 19.4 Å². The van der Waals surface area contributed by atoms with E-state index >= 15 is 0 Å². The Morgan fingerprint density at radius 1 is 1.30 bits per heavy atom. The summed E-state index contributed by atoms with van der Waals surface area (Å²) in [6.45, 7) is 1.79. The van der Waals surface area contributed by atoms with Gasteiger partial charge in [-0.05, 0) is 33.5 Å². The molecule has 0 heterocycles. The first-order chi connectivity index (χ1) is 4.27. The van der Waals surface area contributed by atoms with Crippen molar-refractivity contribution in [1.29, 1.82) is 0 Å². The molecule has 0 saturated carbocycles. The third kappa shape index (κ3) is 11.0. The maximum atomic E-state index is 4.83. The first-order valence-corrected chi connectivity index (χ1v) is 3.24. The van der Waals surface area contributed by atoms with E-state index in [1.165, 1.54) is 0 Å². The molecule has 0 aliphatic rings. The normalized spacial score (nSPS) is 9.60. The SMILES string of the molecule is CN(C)CCCCON.Cl. The second-order valence-electron chi connectivity index (χ2n) is 2.38. The fourth-order valence-electron chi connectivity index (χ4n) is 0.613. The van der Waals surface area contributed by atoms with Gasteiger partial charge in [-0.2, -0.15) is 0 Å². The summed E-state index contributed by atoms with van der Waals surface area (Å²) in [5, 5.41) is 0. The lowest BCUT2D eigenvalue weighted by Crippen LogP contribution is -2.13. The van der Waals surface area contributed by atoms with Crippen LogP contribution in [0.25, 0.3) is 0 Å². The fourth-order valence-corrected chi connectivity index (χ4v) is 0.613. The molecule has 0 aromatic rings. The maximum Gasteiger partial charge on any atom is 0.0679 e. The van der Waals surface area contributed by atoms with Gasteiger partial charge >= 0.3 is 0 Å². The summed E-state index contributed by atoms with van der Waals surface area (Å²) in [6.07, 6.45) is 2.21. The summed E-state index contributed by atoms with van der Waals surface area (Å²) < 4.78 is 0. The molecule has 0 fully saturated rings. The van der Waals surface area contributed by atoms with Crippen molar-refractivity contribution in [2.75, 3.05) is 27.2 Å². The van der Waals surface area contributed by atoms with Crippen LogP contribution >= 0.6 is 12.4 Å². The Morgan fingerprint density at radius 2 is 1.90 bits per heavy atom. The van der Waals surface area contributed by atoms with Crippen molar-refractivity contribution in [3.05, 3.63) is 0 Å². The highest BCUT2D eigenvalue weighted by atomic mass is 35.5. The molecule has 64 valence electrons. The minimum absolute atomic E-state index is 0. The van der Waals surface area contributed by atoms with Gasteiger partial charge in [-0.25, -0.2) is 5.90 Å². The van der Waals surface area contributed by atoms with Crippen LogP contribution in [-0.4, -0.2) is 32.1 Å². The predicted octanol–water partition coefficient (Wildman–Crippen LogP) is 0.640. The summed E-state index contributed by atoms with van der Waals surface area (Å²) in [5.41, 5.74) is 0. The average molecular weight is 169 g/mol. The number of halogens is 1. The third-order valence-corrected chi connectivity index (χ3v) is 1.12. The molecule has 0 atom stereocenters. The highest BCUT2D eigenvalue weighted by Crippen LogP contribution is 1.88. The molecule has 2 N–H and O–H groups in total. The van der Waals surface area contributed by atoms with Crippen molar-refractivity contribution in [2.45, 2.75) is 12.8 Å². The average Bonchev–Trinajstić information content (AvgIpc) is 1.80. The Balaban J connectivity index is 0. The first-order valence-electron chi connectivity index (χ1n) is 3.24. The molecular formula is C6H17ClN2O. The van der Waals surface area contributed by atoms with Crippen LogP contribution in [0, 0.1) is 0 Å². The number of unbranched alkanes of at least 4 members (excludes halogenated alkanes) is 1. The number of nitrogens with zero attached hydrogens (tertiary/aromatic N) is 1. The summed E-state index contributed by atoms with van der Waals surface area (Å²) in [4.78, 5) is 6.55. The summed E-state index contributed by atoms with van der Waals surface area (Å²) >= 11 is 0. The van der Waals surface area contributed by atoms with Gasteiger partial charge in [0.25, 0.3) is 0 Å². The molecule has 4 heteroatoms. The van der Waals surface area contributed by atoms with E-state index < -0.39 is 0 Å². The molecule has 0 saturated heterocycles. The van der Waals surface area contributed by atoms with Crippen molar-refractivity contribution in [3.63, 3.8) is 0 Å². The van der Waals surface area contributed by atoms with E-state index in [-0.39, 0.29) is 12.4 Å². The number of hydrogen-bond donors (Lipinski definition) is 1. The summed E-state index contributed by atoms with van der Waals surface area (Å²) in [7, 11) is 4.12. The van der Waals surface area contributed by atoms with Gasteiger partial charge in [0.05, 0.1) is 6.61 Å². The van der Waals surface area contributed by atoms with Crippen molar-refractivity contribution in [3.8, 4) is 0 Å². The van der Waals surface area contributed by atoms with Crippen LogP contribution in [-0.2, 0) is 4.84 Å². The Morgan fingerprint density at radius 3 is 2.30 bits per heavy atom. The van der Waals surface area contributed by atoms with E-state index in [2.05, 4.69) is 23.8 Å². The van der Waals surface area contributed by atoms with Crippen molar-refractivity contribution < 1.29 is 4.84 Å². The zero-order valence-corrected chi connectivity index (χ0v) is 7.49. The second kappa shape index (κ2) is 9.17. The Hall–Kier alpha value is 0.170. The Labute approximate surface area is 68.9 Å². The van der Waals surface area contributed by atoms with Gasteiger partial charge in [0, 0.05) is 0 Å². The topological polar surface area (TPSA) is 38.5 Å². The minimum Gasteiger partial charge on any atom is -0.309 e. The molecule has 10 heavy (non-hydrogen) atoms. The van der Waals surface area contributed by atoms with E-state index in [1.54, 1.807) is 0 Å². The Bertz CT molecular complexity index is 61.7. The van der Waals surface area contributed by atoms with Crippen LogP contribution in [0.5, 0.6) is 0 Å². The molecule has 0 aliphatic carbocycles. The monoisotopic (exact) mass is 168 g/mol. The van der Waals surface area contributed by atoms with Crippen LogP contribution in [0.3, 0.4) is 0 Å². The fraction of sp³-hybridized carbons (Fsp3) is 1.00. The number of rotatable bonds is 5. The predicted molar refractivity (Wildman–Crippen MR) is 45.2 cm³/mol. The van der Waals surface area contributed by atoms with Crippen LogP contribution < -0.4 is 5.90 Å². The third-order valence-electron chi connectivity index (χ3n) is 1.12. The molecular weight excluding hydrogens is 152 g/mol. The molecule has 0 radical (unpaired) electrons. The quantitative estimate of drug-likeness (QED) is 0.484. The number of hydrogen-bond acceptors (Lipinski definition) is 3. The standard InChI is InChI=1S/C6H16N2O.ClH/c1-8(2)5-3-4-6-9-7;/h3-7H2,1-2H3;1H. The van der Waals surface area contributed by atoms with Gasteiger partial charge in [-0.1, -0.05) is 0 Å². The van der Waals surface area contributed by atoms with Gasteiger partial charge in [0.15, 0.2) is 0 Å². The van der Waals surface area contributed by atoms with E-state index in [9.17, 15) is 0 Å². The zero-order valence-electron chi connectivity index (χ0n) is 6.67. The van der Waals surface area contributed by atoms with Crippen molar-refractivity contribution in [1.82, 2.24) is 4.90 Å². The molecule has 0 amide bonds. The second-order valence-corrected chi connectivity index (χ2v) is 2.38. The highest BCUT2D eigenvalue weighted by molar-refractivity contribution is 5.85. The van der Waals surface area contributed by atoms with Gasteiger partial charge in [0.1, 0.15) is 0 Å². The van der Waals surface area contributed by atoms with E-state index in [4.69, 9.17) is 5.90 Å². The van der Waals surface area contributed by atoms with Crippen LogP contribution in [0.15, 0.2) is 0 Å². The minimum atomic E-state index is 0. The summed E-state index contributed by atoms with van der Waals surface area (Å²) in [6, 6.07) is 0. The molecule has 0 aromatic carbocycles.